The number of piperidine rings is 1. The molecule has 0 unspecified atom stereocenters. The van der Waals surface area contributed by atoms with E-state index in [0.29, 0.717) is 36.2 Å². The Labute approximate surface area is 212 Å². The van der Waals surface area contributed by atoms with Crippen molar-refractivity contribution in [2.24, 2.45) is 0 Å². The van der Waals surface area contributed by atoms with Crippen LogP contribution in [0.25, 0.3) is 11.1 Å². The smallest absolute Gasteiger partial charge is 0.326 e. The Morgan fingerprint density at radius 3 is 2.24 bits per heavy atom. The fourth-order valence-corrected chi connectivity index (χ4v) is 5.09. The summed E-state index contributed by atoms with van der Waals surface area (Å²) in [4.78, 5) is 27.2. The zero-order chi connectivity index (χ0) is 26.8. The molecule has 0 radical (unpaired) electrons. The van der Waals surface area contributed by atoms with E-state index in [1.165, 1.54) is 0 Å². The van der Waals surface area contributed by atoms with Gasteiger partial charge in [-0.2, -0.15) is 13.2 Å². The van der Waals surface area contributed by atoms with E-state index in [0.717, 1.165) is 30.5 Å². The van der Waals surface area contributed by atoms with Gasteiger partial charge >= 0.3 is 12.2 Å². The average molecular weight is 532 g/mol. The second-order valence-electron chi connectivity index (χ2n) is 8.67. The first-order valence-corrected chi connectivity index (χ1v) is 13.3. The summed E-state index contributed by atoms with van der Waals surface area (Å²) in [7, 11) is -3.43. The Morgan fingerprint density at radius 1 is 0.973 bits per heavy atom. The molecule has 194 valence electrons. The van der Waals surface area contributed by atoms with Gasteiger partial charge in [0.25, 0.3) is 0 Å². The highest BCUT2D eigenvalue weighted by molar-refractivity contribution is 7.90. The molecule has 0 aromatic heterocycles. The van der Waals surface area contributed by atoms with E-state index in [2.05, 4.69) is 10.6 Å². The maximum absolute atomic E-state index is 13.1. The first-order chi connectivity index (χ1) is 17.4. The second-order valence-corrected chi connectivity index (χ2v) is 10.7. The Kier molecular flexibility index (Phi) is 7.26. The van der Waals surface area contributed by atoms with Gasteiger partial charge in [0.05, 0.1) is 10.5 Å². The van der Waals surface area contributed by atoms with Crippen molar-refractivity contribution in [3.05, 3.63) is 78.4 Å². The van der Waals surface area contributed by atoms with Crippen LogP contribution >= 0.6 is 0 Å². The van der Waals surface area contributed by atoms with Crippen LogP contribution in [0.3, 0.4) is 0 Å². The summed E-state index contributed by atoms with van der Waals surface area (Å²) in [6, 6.07) is 16.1. The molecule has 3 aromatic carbocycles. The Hall–Kier alpha value is -3.86. The van der Waals surface area contributed by atoms with Crippen LogP contribution in [0.4, 0.5) is 29.3 Å². The first-order valence-electron chi connectivity index (χ1n) is 11.4. The number of carbonyl (C=O) groups excluding carboxylic acids is 2. The molecule has 37 heavy (non-hydrogen) atoms. The molecule has 0 saturated carbocycles. The summed E-state index contributed by atoms with van der Waals surface area (Å²) in [5.41, 5.74) is 1.17. The van der Waals surface area contributed by atoms with Crippen LogP contribution in [-0.4, -0.2) is 39.2 Å². The lowest BCUT2D eigenvalue weighted by Crippen LogP contribution is -2.53. The topological polar surface area (TPSA) is 95.6 Å². The maximum Gasteiger partial charge on any atom is 0.416 e. The molecule has 0 aliphatic carbocycles. The van der Waals surface area contributed by atoms with Gasteiger partial charge in [0.2, 0.25) is 5.91 Å². The van der Waals surface area contributed by atoms with Crippen LogP contribution in [0.2, 0.25) is 0 Å². The molecular weight excluding hydrogens is 507 g/mol. The van der Waals surface area contributed by atoms with E-state index >= 15 is 0 Å². The van der Waals surface area contributed by atoms with Gasteiger partial charge in [0.1, 0.15) is 6.04 Å². The zero-order valence-electron chi connectivity index (χ0n) is 19.7. The van der Waals surface area contributed by atoms with Crippen molar-refractivity contribution in [2.75, 3.05) is 23.0 Å². The molecule has 1 fully saturated rings. The normalized spacial score (nSPS) is 16.4. The number of hydrogen-bond acceptors (Lipinski definition) is 4. The van der Waals surface area contributed by atoms with Crippen LogP contribution in [0.5, 0.6) is 0 Å². The van der Waals surface area contributed by atoms with Crippen molar-refractivity contribution >= 4 is 33.2 Å². The molecule has 7 nitrogen and oxygen atoms in total. The van der Waals surface area contributed by atoms with Gasteiger partial charge in [-0.05, 0) is 60.9 Å². The van der Waals surface area contributed by atoms with Gasteiger partial charge in [-0.1, -0.05) is 30.3 Å². The summed E-state index contributed by atoms with van der Waals surface area (Å²) >= 11 is 0. The van der Waals surface area contributed by atoms with Crippen molar-refractivity contribution in [1.29, 1.82) is 0 Å². The van der Waals surface area contributed by atoms with E-state index in [4.69, 9.17) is 0 Å². The molecule has 1 saturated heterocycles. The number of benzene rings is 3. The lowest BCUT2D eigenvalue weighted by Gasteiger charge is -2.32. The van der Waals surface area contributed by atoms with Crippen LogP contribution in [0, 0.1) is 0 Å². The van der Waals surface area contributed by atoms with Gasteiger partial charge in [0.15, 0.2) is 9.84 Å². The van der Waals surface area contributed by atoms with Crippen molar-refractivity contribution in [3.8, 4) is 11.1 Å². The SMILES string of the molecule is CS(=O)(=O)c1ccccc1-c1ccc(N2CCC[C@@H](NC(=O)Nc3ccc(C(F)(F)F)cc3)C2=O)cc1. The number of sulfone groups is 1. The number of nitrogens with zero attached hydrogens (tertiary/aromatic N) is 1. The summed E-state index contributed by atoms with van der Waals surface area (Å²) < 4.78 is 62.4. The van der Waals surface area contributed by atoms with Gasteiger partial charge < -0.3 is 15.5 Å². The molecule has 4 rings (SSSR count). The molecule has 1 atom stereocenters. The average Bonchev–Trinajstić information content (AvgIpc) is 2.85. The largest absolute Gasteiger partial charge is 0.416 e. The van der Waals surface area contributed by atoms with Crippen molar-refractivity contribution in [1.82, 2.24) is 5.32 Å². The predicted molar refractivity (Wildman–Crippen MR) is 134 cm³/mol. The number of hydrogen-bond donors (Lipinski definition) is 2. The first kappa shape index (κ1) is 26.2. The molecule has 2 N–H and O–H groups in total. The molecule has 0 bridgehead atoms. The molecule has 1 aliphatic heterocycles. The van der Waals surface area contributed by atoms with Crippen LogP contribution < -0.4 is 15.5 Å². The Balaban J connectivity index is 1.44. The second kappa shape index (κ2) is 10.3. The minimum absolute atomic E-state index is 0.163. The fourth-order valence-electron chi connectivity index (χ4n) is 4.18. The minimum atomic E-state index is -4.48. The lowest BCUT2D eigenvalue weighted by molar-refractivity contribution is -0.137. The quantitative estimate of drug-likeness (QED) is 0.479. The number of rotatable bonds is 5. The fraction of sp³-hybridized carbons (Fsp3) is 0.231. The van der Waals surface area contributed by atoms with Gasteiger partial charge in [-0.3, -0.25) is 4.79 Å². The highest BCUT2D eigenvalue weighted by atomic mass is 32.2. The molecule has 11 heteroatoms. The molecule has 1 heterocycles. The summed E-state index contributed by atoms with van der Waals surface area (Å²) in [5, 5.41) is 5.04. The highest BCUT2D eigenvalue weighted by Crippen LogP contribution is 2.31. The minimum Gasteiger partial charge on any atom is -0.326 e. The molecule has 3 aromatic rings. The predicted octanol–water partition coefficient (Wildman–Crippen LogP) is 5.09. The van der Waals surface area contributed by atoms with Crippen molar-refractivity contribution < 1.29 is 31.2 Å². The third kappa shape index (κ3) is 6.11. The zero-order valence-corrected chi connectivity index (χ0v) is 20.6. The molecular formula is C26H24F3N3O4S. The van der Waals surface area contributed by atoms with Crippen LogP contribution in [0.1, 0.15) is 18.4 Å². The Morgan fingerprint density at radius 2 is 1.62 bits per heavy atom. The van der Waals surface area contributed by atoms with Gasteiger partial charge in [-0.25, -0.2) is 13.2 Å². The standard InChI is InChI=1S/C26H24F3N3O4S/c1-37(35,36)23-7-3-2-5-21(23)17-8-14-20(15-9-17)32-16-4-6-22(24(32)33)31-25(34)30-19-12-10-18(11-13-19)26(27,28)29/h2-3,5,7-15,22H,4,6,16H2,1H3,(H2,30,31,34)/t22-/m1/s1. The van der Waals surface area contributed by atoms with Crippen molar-refractivity contribution in [2.45, 2.75) is 30.0 Å². The van der Waals surface area contributed by atoms with Crippen LogP contribution in [-0.2, 0) is 20.8 Å². The molecule has 0 spiro atoms. The molecule has 1 aliphatic rings. The number of halogens is 3. The monoisotopic (exact) mass is 531 g/mol. The third-order valence-electron chi connectivity index (χ3n) is 5.99. The van der Waals surface area contributed by atoms with E-state index in [1.807, 2.05) is 0 Å². The van der Waals surface area contributed by atoms with Crippen molar-refractivity contribution in [3.63, 3.8) is 0 Å². The number of anilines is 2. The van der Waals surface area contributed by atoms with E-state index in [9.17, 15) is 31.2 Å². The lowest BCUT2D eigenvalue weighted by atomic mass is 10.0. The Bertz CT molecular complexity index is 1410. The maximum atomic E-state index is 13.1. The van der Waals surface area contributed by atoms with E-state index in [-0.39, 0.29) is 16.5 Å². The summed E-state index contributed by atoms with van der Waals surface area (Å²) in [6.45, 7) is 0.441. The van der Waals surface area contributed by atoms with E-state index in [1.54, 1.807) is 53.4 Å². The number of urea groups is 1. The number of amides is 3. The number of alkyl halides is 3. The van der Waals surface area contributed by atoms with Gasteiger partial charge in [-0.15, -0.1) is 0 Å². The highest BCUT2D eigenvalue weighted by Gasteiger charge is 2.32. The number of nitrogens with one attached hydrogen (secondary N) is 2. The van der Waals surface area contributed by atoms with Crippen LogP contribution in [0.15, 0.2) is 77.7 Å². The molecule has 3 amide bonds. The number of carbonyl (C=O) groups is 2. The summed E-state index contributed by atoms with van der Waals surface area (Å²) in [6.07, 6.45) is -2.30. The summed E-state index contributed by atoms with van der Waals surface area (Å²) in [5.74, 6) is -0.321. The third-order valence-corrected chi connectivity index (χ3v) is 7.15. The van der Waals surface area contributed by atoms with E-state index < -0.39 is 33.6 Å². The van der Waals surface area contributed by atoms with Gasteiger partial charge in [0, 0.05) is 29.7 Å².